The van der Waals surface area contributed by atoms with E-state index in [2.05, 4.69) is 225 Å². The Morgan fingerprint density at radius 1 is 0.294 bits per heavy atom. The molecule has 0 fully saturated rings. The lowest BCUT2D eigenvalue weighted by Gasteiger charge is -2.14. The van der Waals surface area contributed by atoms with E-state index in [0.29, 0.717) is 28.6 Å². The molecule has 0 aliphatic heterocycles. The average molecular weight is 869 g/mol. The van der Waals surface area contributed by atoms with Crippen LogP contribution in [0.1, 0.15) is 0 Å². The Labute approximate surface area is 387 Å². The minimum atomic E-state index is 0.459. The summed E-state index contributed by atoms with van der Waals surface area (Å²) < 4.78 is 9.29. The molecule has 0 amide bonds. The Balaban J connectivity index is 1.02. The van der Waals surface area contributed by atoms with Gasteiger partial charge >= 0.3 is 0 Å². The molecule has 9 aromatic carbocycles. The fourth-order valence-electron chi connectivity index (χ4n) is 11.0. The molecular formula is C60H36N8. The first-order valence-electron chi connectivity index (χ1n) is 22.9. The molecule has 6 aromatic heterocycles. The van der Waals surface area contributed by atoms with Crippen LogP contribution >= 0.6 is 0 Å². The zero-order valence-electron chi connectivity index (χ0n) is 36.4. The third-order valence-electron chi connectivity index (χ3n) is 13.8. The number of benzene rings is 9. The van der Waals surface area contributed by atoms with Crippen molar-refractivity contribution in [2.75, 3.05) is 0 Å². The van der Waals surface area contributed by atoms with Gasteiger partial charge in [0.05, 0.1) is 50.3 Å². The quantitative estimate of drug-likeness (QED) is 0.173. The highest BCUT2D eigenvalue weighted by molar-refractivity contribution is 6.24. The molecule has 0 unspecified atom stereocenters. The Bertz CT molecular complexity index is 4540. The highest BCUT2D eigenvalue weighted by atomic mass is 15.2. The van der Waals surface area contributed by atoms with E-state index in [4.69, 9.17) is 19.9 Å². The van der Waals surface area contributed by atoms with E-state index in [-0.39, 0.29) is 0 Å². The van der Waals surface area contributed by atoms with E-state index < -0.39 is 0 Å². The minimum absolute atomic E-state index is 0.459. The smallest absolute Gasteiger partial charge is 0.200 e. The summed E-state index contributed by atoms with van der Waals surface area (Å²) in [6, 6.07) is 75.3. The second-order valence-corrected chi connectivity index (χ2v) is 17.5. The van der Waals surface area contributed by atoms with Crippen molar-refractivity contribution in [2.24, 2.45) is 0 Å². The Kier molecular flexibility index (Phi) is 7.62. The summed E-state index contributed by atoms with van der Waals surface area (Å²) in [5.74, 6) is 1.35. The van der Waals surface area contributed by atoms with Crippen LogP contribution in [0.25, 0.3) is 133 Å². The number of rotatable bonds is 5. The van der Waals surface area contributed by atoms with Gasteiger partial charge in [0.15, 0.2) is 17.3 Å². The molecule has 0 N–H and O–H groups in total. The largest absolute Gasteiger partial charge is 0.309 e. The number of para-hydroxylation sites is 6. The van der Waals surface area contributed by atoms with Crippen LogP contribution in [-0.2, 0) is 0 Å². The van der Waals surface area contributed by atoms with Crippen LogP contribution in [0, 0.1) is 0 Å². The highest BCUT2D eigenvalue weighted by Crippen LogP contribution is 2.43. The van der Waals surface area contributed by atoms with Crippen LogP contribution < -0.4 is 0 Å². The van der Waals surface area contributed by atoms with E-state index >= 15 is 0 Å². The fourth-order valence-corrected chi connectivity index (χ4v) is 11.0. The van der Waals surface area contributed by atoms with E-state index in [1.54, 1.807) is 0 Å². The molecule has 316 valence electrons. The van der Waals surface area contributed by atoms with Crippen molar-refractivity contribution < 1.29 is 0 Å². The summed E-state index contributed by atoms with van der Waals surface area (Å²) in [7, 11) is 0. The lowest BCUT2D eigenvalue weighted by molar-refractivity contribution is 1.02. The molecular weight excluding hydrogens is 833 g/mol. The van der Waals surface area contributed by atoms with Gasteiger partial charge < -0.3 is 9.13 Å². The van der Waals surface area contributed by atoms with Crippen molar-refractivity contribution in [3.8, 4) is 34.3 Å². The fraction of sp³-hybridized carbons (Fsp3) is 0. The van der Waals surface area contributed by atoms with Gasteiger partial charge in [0.25, 0.3) is 0 Å². The predicted molar refractivity (Wildman–Crippen MR) is 278 cm³/mol. The molecule has 0 saturated carbocycles. The maximum atomic E-state index is 5.48. The molecule has 0 aliphatic rings. The first-order valence-corrected chi connectivity index (χ1v) is 22.9. The van der Waals surface area contributed by atoms with E-state index in [1.807, 2.05) is 12.3 Å². The van der Waals surface area contributed by atoms with Crippen LogP contribution in [0.5, 0.6) is 0 Å². The lowest BCUT2D eigenvalue weighted by atomic mass is 10.1. The molecule has 15 rings (SSSR count). The van der Waals surface area contributed by atoms with Crippen LogP contribution in [0.3, 0.4) is 0 Å². The van der Waals surface area contributed by atoms with Crippen molar-refractivity contribution >= 4 is 98.5 Å². The summed E-state index contributed by atoms with van der Waals surface area (Å²) >= 11 is 0. The van der Waals surface area contributed by atoms with E-state index in [1.165, 1.54) is 16.2 Å². The summed E-state index contributed by atoms with van der Waals surface area (Å²) in [5.41, 5.74) is 13.5. The Hall–Kier alpha value is -9.40. The van der Waals surface area contributed by atoms with Crippen LogP contribution in [0.4, 0.5) is 0 Å². The third kappa shape index (κ3) is 5.13. The predicted octanol–water partition coefficient (Wildman–Crippen LogP) is 14.5. The minimum Gasteiger partial charge on any atom is -0.309 e. The van der Waals surface area contributed by atoms with Crippen molar-refractivity contribution in [3.05, 3.63) is 219 Å². The molecule has 8 nitrogen and oxygen atoms in total. The van der Waals surface area contributed by atoms with Gasteiger partial charge in [-0.2, -0.15) is 0 Å². The topological polar surface area (TPSA) is 71.3 Å². The summed E-state index contributed by atoms with van der Waals surface area (Å²) in [5, 5.41) is 9.22. The van der Waals surface area contributed by atoms with Crippen LogP contribution in [-0.4, -0.2) is 38.2 Å². The molecule has 15 aromatic rings. The van der Waals surface area contributed by atoms with Crippen molar-refractivity contribution in [1.82, 2.24) is 38.2 Å². The van der Waals surface area contributed by atoms with Gasteiger partial charge in [0.2, 0.25) is 5.65 Å². The van der Waals surface area contributed by atoms with Crippen molar-refractivity contribution in [2.45, 2.75) is 0 Å². The molecule has 68 heavy (non-hydrogen) atoms. The van der Waals surface area contributed by atoms with Crippen LogP contribution in [0.15, 0.2) is 219 Å². The first-order chi connectivity index (χ1) is 33.8. The molecule has 0 bridgehead atoms. The maximum absolute atomic E-state index is 5.48. The van der Waals surface area contributed by atoms with Crippen molar-refractivity contribution in [3.63, 3.8) is 0 Å². The Morgan fingerprint density at radius 2 is 0.735 bits per heavy atom. The van der Waals surface area contributed by atoms with Gasteiger partial charge in [-0.25, -0.2) is 19.9 Å². The standard InChI is InChI=1S/C60H36N8/c1-4-18-37(19-5-1)55-60(67-50-30-16-13-27-43(50)47-34-52-46(35-53(47)67)42-26-12-14-28-48(42)65(52)38-20-6-2-7-21-38)64-58-59(63-55)62-54(36-61-58)68-51-31-17-11-25-41(51)45-33-32-44-40-24-10-15-29-49(40)66(56(44)57(45)68)39-22-8-3-9-23-39/h1-36H. The number of nitrogens with zero attached hydrogens (tertiary/aromatic N) is 8. The number of hydrogen-bond donors (Lipinski definition) is 0. The monoisotopic (exact) mass is 868 g/mol. The molecule has 0 spiro atoms. The molecule has 6 heterocycles. The molecule has 0 aliphatic carbocycles. The number of aromatic nitrogens is 8. The number of fused-ring (bicyclic) bond motifs is 14. The zero-order valence-corrected chi connectivity index (χ0v) is 36.4. The van der Waals surface area contributed by atoms with Gasteiger partial charge in [0.1, 0.15) is 5.69 Å². The van der Waals surface area contributed by atoms with Gasteiger partial charge in [-0.15, -0.1) is 0 Å². The second-order valence-electron chi connectivity index (χ2n) is 17.5. The summed E-state index contributed by atoms with van der Waals surface area (Å²) in [6.07, 6.45) is 1.86. The lowest BCUT2D eigenvalue weighted by Crippen LogP contribution is -2.07. The second kappa shape index (κ2) is 14.1. The zero-order chi connectivity index (χ0) is 44.5. The van der Waals surface area contributed by atoms with E-state index in [9.17, 15) is 0 Å². The summed E-state index contributed by atoms with van der Waals surface area (Å²) in [4.78, 5) is 21.6. The molecule has 0 radical (unpaired) electrons. The van der Waals surface area contributed by atoms with Crippen LogP contribution in [0.2, 0.25) is 0 Å². The average Bonchev–Trinajstić information content (AvgIpc) is 4.13. The van der Waals surface area contributed by atoms with Gasteiger partial charge in [-0.1, -0.05) is 152 Å². The highest BCUT2D eigenvalue weighted by Gasteiger charge is 2.25. The van der Waals surface area contributed by atoms with Gasteiger partial charge in [0, 0.05) is 60.0 Å². The van der Waals surface area contributed by atoms with E-state index in [0.717, 1.165) is 88.0 Å². The summed E-state index contributed by atoms with van der Waals surface area (Å²) in [6.45, 7) is 0. The maximum Gasteiger partial charge on any atom is 0.200 e. The van der Waals surface area contributed by atoms with Crippen molar-refractivity contribution in [1.29, 1.82) is 0 Å². The molecule has 8 heteroatoms. The van der Waals surface area contributed by atoms with Gasteiger partial charge in [-0.3, -0.25) is 9.13 Å². The third-order valence-corrected chi connectivity index (χ3v) is 13.8. The molecule has 0 saturated heterocycles. The first kappa shape index (κ1) is 36.9. The SMILES string of the molecule is c1ccc(-c2nc3nc(-n4c5ccccc5c5ccc6c7ccccc7n(-c7ccccc7)c6c54)cnc3nc2-n2c3ccccc3c3cc4c(cc32)c2ccccc2n4-c2ccccc2)cc1. The normalized spacial score (nSPS) is 12.1. The Morgan fingerprint density at radius 3 is 1.32 bits per heavy atom. The molecule has 0 atom stereocenters. The number of hydrogen-bond acceptors (Lipinski definition) is 4. The van der Waals surface area contributed by atoms with Gasteiger partial charge in [-0.05, 0) is 60.7 Å².